The van der Waals surface area contributed by atoms with E-state index in [1.165, 1.54) is 69.1 Å². The normalized spacial score (nSPS) is 51.8. The largest absolute Gasteiger partial charge is 0.297 e. The summed E-state index contributed by atoms with van der Waals surface area (Å²) in [5.74, 6) is 4.62. The van der Waals surface area contributed by atoms with Crippen LogP contribution in [-0.2, 0) is 0 Å². The van der Waals surface area contributed by atoms with Crippen LogP contribution < -0.4 is 0 Å². The second kappa shape index (κ2) is 5.71. The van der Waals surface area contributed by atoms with Gasteiger partial charge in [-0.3, -0.25) is 4.99 Å². The van der Waals surface area contributed by atoms with E-state index in [0.29, 0.717) is 10.8 Å². The van der Waals surface area contributed by atoms with Crippen molar-refractivity contribution in [3.8, 4) is 0 Å². The maximum atomic E-state index is 4.61. The minimum atomic E-state index is 0.534. The fourth-order valence-electron chi connectivity index (χ4n) is 8.00. The molecule has 0 aromatic heterocycles. The molecule has 0 spiro atoms. The van der Waals surface area contributed by atoms with Crippen molar-refractivity contribution in [3.63, 3.8) is 0 Å². The molecule has 0 amide bonds. The van der Waals surface area contributed by atoms with Gasteiger partial charge in [-0.1, -0.05) is 26.0 Å². The summed E-state index contributed by atoms with van der Waals surface area (Å²) in [4.78, 5) is 4.61. The van der Waals surface area contributed by atoms with Gasteiger partial charge in [0.15, 0.2) is 0 Å². The Morgan fingerprint density at radius 2 is 1.75 bits per heavy atom. The molecule has 4 fully saturated rings. The van der Waals surface area contributed by atoms with Crippen LogP contribution >= 0.6 is 0 Å². The van der Waals surface area contributed by atoms with E-state index in [9.17, 15) is 0 Å². The molecule has 0 N–H and O–H groups in total. The van der Waals surface area contributed by atoms with Crippen LogP contribution in [0.1, 0.15) is 78.6 Å². The molecule has 4 aliphatic rings. The summed E-state index contributed by atoms with van der Waals surface area (Å²) in [6, 6.07) is 0. The van der Waals surface area contributed by atoms with E-state index in [-0.39, 0.29) is 0 Å². The van der Waals surface area contributed by atoms with Gasteiger partial charge in [0.1, 0.15) is 0 Å². The fraction of sp³-hybridized carbons (Fsp3) is 0.870. The van der Waals surface area contributed by atoms with Crippen molar-refractivity contribution in [3.05, 3.63) is 12.2 Å². The van der Waals surface area contributed by atoms with Gasteiger partial charge in [-0.2, -0.15) is 0 Å². The van der Waals surface area contributed by atoms with Gasteiger partial charge in [0, 0.05) is 18.7 Å². The molecule has 0 radical (unpaired) electrons. The van der Waals surface area contributed by atoms with Crippen LogP contribution in [0, 0.1) is 40.4 Å². The van der Waals surface area contributed by atoms with Gasteiger partial charge in [-0.15, -0.1) is 0 Å². The SMILES string of the molecule is C=C1CCC2(C)C(CCC3C4CCC(C(C)=NC)C4(C)CC[C@@H]32)C1. The van der Waals surface area contributed by atoms with Crippen LogP contribution in [0.15, 0.2) is 17.1 Å². The molecule has 0 bridgehead atoms. The first-order chi connectivity index (χ1) is 11.4. The molecule has 4 aliphatic carbocycles. The first-order valence-electron chi connectivity index (χ1n) is 10.5. The Kier molecular flexibility index (Phi) is 4.01. The van der Waals surface area contributed by atoms with Crippen molar-refractivity contribution in [2.24, 2.45) is 45.4 Å². The quantitative estimate of drug-likeness (QED) is 0.396. The molecule has 1 nitrogen and oxygen atoms in total. The second-order valence-electron chi connectivity index (χ2n) is 10.2. The van der Waals surface area contributed by atoms with Gasteiger partial charge in [-0.05, 0) is 99.2 Å². The summed E-state index contributed by atoms with van der Waals surface area (Å²) in [5, 5.41) is 0. The Labute approximate surface area is 149 Å². The molecule has 4 rings (SSSR count). The minimum absolute atomic E-state index is 0.534. The molecule has 4 saturated carbocycles. The molecule has 6 unspecified atom stereocenters. The highest BCUT2D eigenvalue weighted by atomic mass is 14.7. The van der Waals surface area contributed by atoms with Crippen LogP contribution in [0.25, 0.3) is 0 Å². The van der Waals surface area contributed by atoms with Crippen molar-refractivity contribution < 1.29 is 0 Å². The van der Waals surface area contributed by atoms with Crippen molar-refractivity contribution in [1.29, 1.82) is 0 Å². The Hall–Kier alpha value is -0.590. The zero-order chi connectivity index (χ0) is 17.1. The highest BCUT2D eigenvalue weighted by Crippen LogP contribution is 2.67. The minimum Gasteiger partial charge on any atom is -0.297 e. The zero-order valence-electron chi connectivity index (χ0n) is 16.4. The van der Waals surface area contributed by atoms with Gasteiger partial charge < -0.3 is 0 Å². The summed E-state index contributed by atoms with van der Waals surface area (Å²) in [6.07, 6.45) is 12.8. The smallest absolute Gasteiger partial charge is 0.0276 e. The highest BCUT2D eigenvalue weighted by Gasteiger charge is 2.60. The Morgan fingerprint density at radius 3 is 2.50 bits per heavy atom. The molecule has 134 valence electrons. The summed E-state index contributed by atoms with van der Waals surface area (Å²) in [7, 11) is 2.00. The van der Waals surface area contributed by atoms with Crippen molar-refractivity contribution in [2.45, 2.75) is 78.6 Å². The van der Waals surface area contributed by atoms with Crippen molar-refractivity contribution >= 4 is 5.71 Å². The Bertz CT molecular complexity index is 560. The standard InChI is InChI=1S/C23H37N/c1-15-10-12-22(3)17(14-15)6-7-18-20-9-8-19(16(2)24-5)23(20,4)13-11-21(18)22/h17-21H,1,6-14H2,2-5H3/t17?,18?,19?,20?,21-,22?,23?/m0/s1. The lowest BCUT2D eigenvalue weighted by atomic mass is 9.44. The third-order valence-corrected chi connectivity index (χ3v) is 9.47. The van der Waals surface area contributed by atoms with E-state index < -0.39 is 0 Å². The second-order valence-corrected chi connectivity index (χ2v) is 10.2. The van der Waals surface area contributed by atoms with E-state index in [0.717, 1.165) is 29.6 Å². The first-order valence-corrected chi connectivity index (χ1v) is 10.5. The average Bonchev–Trinajstić information content (AvgIpc) is 2.92. The monoisotopic (exact) mass is 327 g/mol. The van der Waals surface area contributed by atoms with Crippen LogP contribution in [0.2, 0.25) is 0 Å². The predicted molar refractivity (Wildman–Crippen MR) is 103 cm³/mol. The van der Waals surface area contributed by atoms with Crippen LogP contribution in [0.5, 0.6) is 0 Å². The highest BCUT2D eigenvalue weighted by molar-refractivity contribution is 5.85. The van der Waals surface area contributed by atoms with Gasteiger partial charge in [-0.25, -0.2) is 0 Å². The maximum Gasteiger partial charge on any atom is 0.0276 e. The molecule has 0 aromatic rings. The van der Waals surface area contributed by atoms with Crippen molar-refractivity contribution in [2.75, 3.05) is 7.05 Å². The third kappa shape index (κ3) is 2.22. The molecule has 24 heavy (non-hydrogen) atoms. The van der Waals surface area contributed by atoms with Gasteiger partial charge in [0.25, 0.3) is 0 Å². The molecule has 7 atom stereocenters. The number of hydrogen-bond acceptors (Lipinski definition) is 1. The molecule has 1 heteroatoms. The van der Waals surface area contributed by atoms with E-state index in [1.807, 2.05) is 7.05 Å². The van der Waals surface area contributed by atoms with Gasteiger partial charge in [0.2, 0.25) is 0 Å². The number of allylic oxidation sites excluding steroid dienone is 1. The Balaban J connectivity index is 1.62. The lowest BCUT2D eigenvalue weighted by Gasteiger charge is -2.60. The van der Waals surface area contributed by atoms with Crippen LogP contribution in [-0.4, -0.2) is 12.8 Å². The molecule has 0 heterocycles. The predicted octanol–water partition coefficient (Wildman–Crippen LogP) is 6.29. The number of aliphatic imine (C=N–C) groups is 1. The summed E-state index contributed by atoms with van der Waals surface area (Å²) < 4.78 is 0. The number of nitrogens with zero attached hydrogens (tertiary/aromatic N) is 1. The van der Waals surface area contributed by atoms with E-state index in [4.69, 9.17) is 0 Å². The fourth-order valence-corrected chi connectivity index (χ4v) is 8.00. The topological polar surface area (TPSA) is 12.4 Å². The lowest BCUT2D eigenvalue weighted by Crippen LogP contribution is -2.53. The lowest BCUT2D eigenvalue weighted by molar-refractivity contribution is -0.100. The molecule has 0 aliphatic heterocycles. The van der Waals surface area contributed by atoms with Crippen LogP contribution in [0.3, 0.4) is 0 Å². The zero-order valence-corrected chi connectivity index (χ0v) is 16.4. The third-order valence-electron chi connectivity index (χ3n) is 9.47. The van der Waals surface area contributed by atoms with Gasteiger partial charge in [0.05, 0.1) is 0 Å². The van der Waals surface area contributed by atoms with Crippen molar-refractivity contribution in [1.82, 2.24) is 0 Å². The van der Waals surface area contributed by atoms with Crippen LogP contribution in [0.4, 0.5) is 0 Å². The average molecular weight is 328 g/mol. The summed E-state index contributed by atoms with van der Waals surface area (Å²) in [5.41, 5.74) is 4.10. The number of fused-ring (bicyclic) bond motifs is 5. The Morgan fingerprint density at radius 1 is 1.00 bits per heavy atom. The first kappa shape index (κ1) is 16.9. The summed E-state index contributed by atoms with van der Waals surface area (Å²) in [6.45, 7) is 11.9. The molecule has 0 saturated heterocycles. The summed E-state index contributed by atoms with van der Waals surface area (Å²) >= 11 is 0. The number of rotatable bonds is 1. The molecular weight excluding hydrogens is 290 g/mol. The van der Waals surface area contributed by atoms with E-state index in [2.05, 4.69) is 32.3 Å². The van der Waals surface area contributed by atoms with Gasteiger partial charge >= 0.3 is 0 Å². The molecule has 0 aromatic carbocycles. The van der Waals surface area contributed by atoms with E-state index >= 15 is 0 Å². The maximum absolute atomic E-state index is 4.61. The number of hydrogen-bond donors (Lipinski definition) is 0. The van der Waals surface area contributed by atoms with E-state index in [1.54, 1.807) is 0 Å². The molecular formula is C23H37N.